The first kappa shape index (κ1) is 18.7. The van der Waals surface area contributed by atoms with E-state index in [1.807, 2.05) is 0 Å². The predicted molar refractivity (Wildman–Crippen MR) is 88.5 cm³/mol. The van der Waals surface area contributed by atoms with E-state index in [0.717, 1.165) is 12.0 Å². The molecule has 0 unspecified atom stereocenters. The molecule has 142 valence electrons. The van der Waals surface area contributed by atoms with Crippen molar-refractivity contribution in [2.75, 3.05) is 6.61 Å². The summed E-state index contributed by atoms with van der Waals surface area (Å²) < 4.78 is 46.5. The fourth-order valence-electron chi connectivity index (χ4n) is 3.56. The van der Waals surface area contributed by atoms with Crippen LogP contribution in [0.4, 0.5) is 13.2 Å². The first-order valence-electron chi connectivity index (χ1n) is 8.63. The molecule has 1 fully saturated rings. The Balaban J connectivity index is 1.84. The molecule has 2 atom stereocenters. The van der Waals surface area contributed by atoms with Crippen molar-refractivity contribution in [1.82, 2.24) is 5.01 Å². The molecule has 0 spiro atoms. The van der Waals surface area contributed by atoms with Crippen molar-refractivity contribution >= 4 is 11.6 Å². The van der Waals surface area contributed by atoms with E-state index in [2.05, 4.69) is 5.10 Å². The van der Waals surface area contributed by atoms with Crippen molar-refractivity contribution in [2.24, 2.45) is 11.0 Å². The van der Waals surface area contributed by atoms with E-state index in [4.69, 9.17) is 4.74 Å². The van der Waals surface area contributed by atoms with Crippen LogP contribution in [0, 0.1) is 12.8 Å². The second-order valence-corrected chi connectivity index (χ2v) is 6.73. The van der Waals surface area contributed by atoms with Crippen LogP contribution in [0.5, 0.6) is 5.75 Å². The van der Waals surface area contributed by atoms with E-state index in [0.29, 0.717) is 25.0 Å². The molecule has 1 aliphatic heterocycles. The minimum atomic E-state index is -5.01. The van der Waals surface area contributed by atoms with Crippen molar-refractivity contribution in [3.8, 4) is 5.75 Å². The Bertz CT molecular complexity index is 720. The van der Waals surface area contributed by atoms with Gasteiger partial charge in [0.15, 0.2) is 6.61 Å². The zero-order valence-corrected chi connectivity index (χ0v) is 14.4. The molecule has 3 rings (SSSR count). The van der Waals surface area contributed by atoms with Gasteiger partial charge in [-0.1, -0.05) is 31.0 Å². The van der Waals surface area contributed by atoms with Crippen LogP contribution in [0.2, 0.25) is 0 Å². The number of hydrogen-bond acceptors (Lipinski definition) is 4. The van der Waals surface area contributed by atoms with E-state index < -0.39 is 30.3 Å². The van der Waals surface area contributed by atoms with Crippen LogP contribution in [0.3, 0.4) is 0 Å². The van der Waals surface area contributed by atoms with Gasteiger partial charge in [0, 0.05) is 5.71 Å². The smallest absolute Gasteiger partial charge is 0.439 e. The quantitative estimate of drug-likeness (QED) is 0.887. The van der Waals surface area contributed by atoms with Crippen molar-refractivity contribution in [3.63, 3.8) is 0 Å². The van der Waals surface area contributed by atoms with Crippen molar-refractivity contribution in [3.05, 3.63) is 29.8 Å². The highest BCUT2D eigenvalue weighted by Crippen LogP contribution is 2.47. The molecule has 2 aliphatic rings. The standard InChI is InChI=1S/C18H21F3N2O3/c1-12-7-5-6-10-15(12)26-11-16(24)23-17(25,18(19,20)21)13-8-3-2-4-9-14(13)22-23/h5-7,10,13,25H,2-4,8-9,11H2,1H3/t13-,17+/m1/s1. The maximum absolute atomic E-state index is 13.7. The minimum absolute atomic E-state index is 0.150. The Labute approximate surface area is 149 Å². The topological polar surface area (TPSA) is 62.1 Å². The Morgan fingerprint density at radius 1 is 1.35 bits per heavy atom. The van der Waals surface area contributed by atoms with Gasteiger partial charge in [-0.15, -0.1) is 0 Å². The third-order valence-corrected chi connectivity index (χ3v) is 4.96. The zero-order valence-electron chi connectivity index (χ0n) is 14.4. The fourth-order valence-corrected chi connectivity index (χ4v) is 3.56. The Hall–Kier alpha value is -2.09. The highest BCUT2D eigenvalue weighted by molar-refractivity contribution is 5.93. The summed E-state index contributed by atoms with van der Waals surface area (Å²) in [4.78, 5) is 12.5. The van der Waals surface area contributed by atoms with E-state index in [9.17, 15) is 23.1 Å². The second-order valence-electron chi connectivity index (χ2n) is 6.73. The number of amides is 1. The molecule has 0 aromatic heterocycles. The van der Waals surface area contributed by atoms with E-state index >= 15 is 0 Å². The molecular formula is C18H21F3N2O3. The monoisotopic (exact) mass is 370 g/mol. The van der Waals surface area contributed by atoms with Gasteiger partial charge in [0.1, 0.15) is 5.75 Å². The number of aliphatic hydroxyl groups is 1. The number of halogens is 3. The molecule has 0 radical (unpaired) electrons. The third kappa shape index (κ3) is 3.18. The second kappa shape index (κ2) is 6.90. The number of ether oxygens (including phenoxy) is 1. The molecule has 1 amide bonds. The van der Waals surface area contributed by atoms with Crippen LogP contribution < -0.4 is 4.74 Å². The predicted octanol–water partition coefficient (Wildman–Crippen LogP) is 3.40. The lowest BCUT2D eigenvalue weighted by molar-refractivity contribution is -0.317. The first-order chi connectivity index (χ1) is 12.2. The van der Waals surface area contributed by atoms with Gasteiger partial charge in [-0.3, -0.25) is 4.79 Å². The Morgan fingerprint density at radius 3 is 2.77 bits per heavy atom. The molecule has 1 aliphatic carbocycles. The van der Waals surface area contributed by atoms with Gasteiger partial charge >= 0.3 is 6.18 Å². The third-order valence-electron chi connectivity index (χ3n) is 4.96. The summed E-state index contributed by atoms with van der Waals surface area (Å²) in [7, 11) is 0. The van der Waals surface area contributed by atoms with Crippen molar-refractivity contribution < 1.29 is 27.8 Å². The number of para-hydroxylation sites is 1. The highest BCUT2D eigenvalue weighted by atomic mass is 19.4. The lowest BCUT2D eigenvalue weighted by atomic mass is 9.87. The van der Waals surface area contributed by atoms with Crippen LogP contribution in [-0.4, -0.2) is 40.2 Å². The summed E-state index contributed by atoms with van der Waals surface area (Å²) in [5, 5.41) is 14.6. The van der Waals surface area contributed by atoms with Crippen LogP contribution in [-0.2, 0) is 4.79 Å². The molecule has 8 heteroatoms. The number of nitrogens with zero attached hydrogens (tertiary/aromatic N) is 2. The van der Waals surface area contributed by atoms with Gasteiger partial charge in [-0.25, -0.2) is 0 Å². The molecule has 1 aromatic rings. The zero-order chi connectivity index (χ0) is 18.9. The summed E-state index contributed by atoms with van der Waals surface area (Å²) >= 11 is 0. The minimum Gasteiger partial charge on any atom is -0.483 e. The molecule has 1 saturated carbocycles. The number of aryl methyl sites for hydroxylation is 1. The average molecular weight is 370 g/mol. The SMILES string of the molecule is Cc1ccccc1OCC(=O)N1N=C2CCCCC[C@H]2[C@]1(O)C(F)(F)F. The van der Waals surface area contributed by atoms with Crippen LogP contribution in [0.15, 0.2) is 29.4 Å². The van der Waals surface area contributed by atoms with Gasteiger partial charge in [0.2, 0.25) is 0 Å². The number of benzene rings is 1. The summed E-state index contributed by atoms with van der Waals surface area (Å²) in [6.45, 7) is 1.13. The Kier molecular flexibility index (Phi) is 4.96. The Morgan fingerprint density at radius 2 is 2.08 bits per heavy atom. The summed E-state index contributed by atoms with van der Waals surface area (Å²) in [6, 6.07) is 6.87. The van der Waals surface area contributed by atoms with Crippen LogP contribution in [0.1, 0.15) is 37.7 Å². The normalized spacial score (nSPS) is 26.1. The average Bonchev–Trinajstić information content (AvgIpc) is 2.73. The van der Waals surface area contributed by atoms with Crippen molar-refractivity contribution in [1.29, 1.82) is 0 Å². The van der Waals surface area contributed by atoms with Gasteiger partial charge < -0.3 is 9.84 Å². The number of carbonyl (C=O) groups is 1. The lowest BCUT2D eigenvalue weighted by Crippen LogP contribution is -2.61. The number of hydrogen-bond donors (Lipinski definition) is 1. The number of fused-ring (bicyclic) bond motifs is 1. The van der Waals surface area contributed by atoms with E-state index in [1.54, 1.807) is 31.2 Å². The molecule has 0 saturated heterocycles. The van der Waals surface area contributed by atoms with E-state index in [1.165, 1.54) is 0 Å². The van der Waals surface area contributed by atoms with Gasteiger partial charge in [-0.05, 0) is 37.8 Å². The molecular weight excluding hydrogens is 349 g/mol. The summed E-state index contributed by atoms with van der Waals surface area (Å²) in [5.41, 5.74) is -2.31. The summed E-state index contributed by atoms with van der Waals surface area (Å²) in [6.07, 6.45) is -2.46. The molecule has 0 bridgehead atoms. The van der Waals surface area contributed by atoms with Crippen molar-refractivity contribution in [2.45, 2.75) is 50.9 Å². The summed E-state index contributed by atoms with van der Waals surface area (Å²) in [5.74, 6) is -1.83. The maximum atomic E-state index is 13.7. The van der Waals surface area contributed by atoms with Gasteiger partial charge in [0.25, 0.3) is 11.6 Å². The molecule has 26 heavy (non-hydrogen) atoms. The fraction of sp³-hybridized carbons (Fsp3) is 0.556. The maximum Gasteiger partial charge on any atom is 0.439 e. The number of carbonyl (C=O) groups excluding carboxylic acids is 1. The highest BCUT2D eigenvalue weighted by Gasteiger charge is 2.68. The largest absolute Gasteiger partial charge is 0.483 e. The number of alkyl halides is 3. The lowest BCUT2D eigenvalue weighted by Gasteiger charge is -2.37. The van der Waals surface area contributed by atoms with Crippen LogP contribution >= 0.6 is 0 Å². The van der Waals surface area contributed by atoms with Crippen LogP contribution in [0.25, 0.3) is 0 Å². The first-order valence-corrected chi connectivity index (χ1v) is 8.63. The van der Waals surface area contributed by atoms with E-state index in [-0.39, 0.29) is 17.1 Å². The number of hydrazone groups is 1. The molecule has 1 aromatic carbocycles. The molecule has 1 heterocycles. The molecule has 5 nitrogen and oxygen atoms in total. The number of rotatable bonds is 3. The van der Waals surface area contributed by atoms with Gasteiger partial charge in [0.05, 0.1) is 5.92 Å². The molecule has 1 N–H and O–H groups in total. The van der Waals surface area contributed by atoms with Gasteiger partial charge in [-0.2, -0.15) is 23.3 Å².